The molecule has 0 aliphatic carbocycles. The average molecular weight is 359 g/mol. The van der Waals surface area contributed by atoms with Crippen molar-refractivity contribution in [1.29, 1.82) is 0 Å². The van der Waals surface area contributed by atoms with E-state index in [2.05, 4.69) is 5.32 Å². The Bertz CT molecular complexity index is 933. The van der Waals surface area contributed by atoms with Crippen LogP contribution in [0.5, 0.6) is 5.75 Å². The summed E-state index contributed by atoms with van der Waals surface area (Å²) in [6.07, 6.45) is -0.629. The van der Waals surface area contributed by atoms with Crippen LogP contribution in [0.25, 0.3) is 0 Å². The first-order valence-corrected chi connectivity index (χ1v) is 8.77. The summed E-state index contributed by atoms with van der Waals surface area (Å²) in [6, 6.07) is 23.4. The van der Waals surface area contributed by atoms with Gasteiger partial charge < -0.3 is 10.1 Å². The minimum Gasteiger partial charge on any atom is -0.482 e. The van der Waals surface area contributed by atoms with Gasteiger partial charge >= 0.3 is 0 Å². The van der Waals surface area contributed by atoms with Crippen LogP contribution in [0.4, 0.5) is 5.69 Å². The van der Waals surface area contributed by atoms with Crippen molar-refractivity contribution in [3.05, 3.63) is 95.6 Å². The fourth-order valence-electron chi connectivity index (χ4n) is 2.65. The maximum absolute atomic E-state index is 12.4. The highest BCUT2D eigenvalue weighted by Crippen LogP contribution is 2.20. The van der Waals surface area contributed by atoms with Crippen molar-refractivity contribution in [3.8, 4) is 5.75 Å². The van der Waals surface area contributed by atoms with Gasteiger partial charge in [0.1, 0.15) is 5.75 Å². The van der Waals surface area contributed by atoms with Crippen LogP contribution in [0.1, 0.15) is 33.2 Å². The summed E-state index contributed by atoms with van der Waals surface area (Å²) < 4.78 is 5.77. The average Bonchev–Trinajstić information content (AvgIpc) is 2.68. The lowest BCUT2D eigenvalue weighted by molar-refractivity contribution is 0.0818. The minimum atomic E-state index is -0.629. The van der Waals surface area contributed by atoms with Gasteiger partial charge in [0.25, 0.3) is 5.91 Å². The van der Waals surface area contributed by atoms with E-state index in [-0.39, 0.29) is 11.7 Å². The molecule has 0 bridgehead atoms. The molecular weight excluding hydrogens is 338 g/mol. The van der Waals surface area contributed by atoms with Crippen LogP contribution in [-0.2, 0) is 0 Å². The number of amides is 1. The topological polar surface area (TPSA) is 55.4 Å². The van der Waals surface area contributed by atoms with Crippen molar-refractivity contribution in [2.75, 3.05) is 5.32 Å². The van der Waals surface area contributed by atoms with Crippen LogP contribution < -0.4 is 10.1 Å². The zero-order valence-corrected chi connectivity index (χ0v) is 15.3. The molecule has 0 fully saturated rings. The van der Waals surface area contributed by atoms with E-state index in [0.29, 0.717) is 22.6 Å². The lowest BCUT2D eigenvalue weighted by Crippen LogP contribution is -2.23. The molecule has 0 spiro atoms. The third-order valence-electron chi connectivity index (χ3n) is 4.15. The van der Waals surface area contributed by atoms with Gasteiger partial charge in [0.05, 0.1) is 0 Å². The Morgan fingerprint density at radius 1 is 0.852 bits per heavy atom. The van der Waals surface area contributed by atoms with Gasteiger partial charge in [-0.15, -0.1) is 0 Å². The van der Waals surface area contributed by atoms with Crippen LogP contribution in [-0.4, -0.2) is 17.8 Å². The molecule has 1 unspecified atom stereocenters. The SMILES string of the molecule is Cc1ccc(C(=O)Nc2cccc(OC(C)C(=O)c3ccccc3)c2)cc1. The largest absolute Gasteiger partial charge is 0.482 e. The Labute approximate surface area is 158 Å². The highest BCUT2D eigenvalue weighted by molar-refractivity contribution is 6.04. The monoisotopic (exact) mass is 359 g/mol. The summed E-state index contributed by atoms with van der Waals surface area (Å²) in [5, 5.41) is 2.85. The maximum atomic E-state index is 12.4. The molecule has 3 rings (SSSR count). The van der Waals surface area contributed by atoms with Crippen LogP contribution in [0.3, 0.4) is 0 Å². The van der Waals surface area contributed by atoms with Crippen LogP contribution in [0.2, 0.25) is 0 Å². The number of carbonyl (C=O) groups excluding carboxylic acids is 2. The Kier molecular flexibility index (Phi) is 5.67. The molecule has 3 aromatic rings. The van der Waals surface area contributed by atoms with E-state index in [1.54, 1.807) is 55.5 Å². The summed E-state index contributed by atoms with van der Waals surface area (Å²) in [7, 11) is 0. The Balaban J connectivity index is 1.67. The first-order chi connectivity index (χ1) is 13.0. The normalized spacial score (nSPS) is 11.5. The Morgan fingerprint density at radius 2 is 1.56 bits per heavy atom. The number of benzene rings is 3. The van der Waals surface area contributed by atoms with E-state index >= 15 is 0 Å². The lowest BCUT2D eigenvalue weighted by Gasteiger charge is -2.15. The van der Waals surface area contributed by atoms with Gasteiger partial charge in [-0.25, -0.2) is 0 Å². The van der Waals surface area contributed by atoms with Gasteiger partial charge in [0.15, 0.2) is 6.10 Å². The van der Waals surface area contributed by atoms with Crippen molar-refractivity contribution < 1.29 is 14.3 Å². The molecule has 0 aliphatic rings. The standard InChI is InChI=1S/C23H21NO3/c1-16-11-13-19(14-12-16)23(26)24-20-9-6-10-21(15-20)27-17(2)22(25)18-7-4-3-5-8-18/h3-15,17H,1-2H3,(H,24,26). The highest BCUT2D eigenvalue weighted by Gasteiger charge is 2.17. The van der Waals surface area contributed by atoms with Crippen molar-refractivity contribution in [3.63, 3.8) is 0 Å². The molecule has 136 valence electrons. The third-order valence-corrected chi connectivity index (χ3v) is 4.15. The molecular formula is C23H21NO3. The number of aryl methyl sites for hydroxylation is 1. The van der Waals surface area contributed by atoms with Crippen LogP contribution in [0, 0.1) is 6.92 Å². The number of ether oxygens (including phenoxy) is 1. The van der Waals surface area contributed by atoms with Gasteiger partial charge in [-0.1, -0.05) is 54.1 Å². The second-order valence-electron chi connectivity index (χ2n) is 6.34. The summed E-state index contributed by atoms with van der Waals surface area (Å²) in [5.74, 6) is 0.235. The molecule has 4 nitrogen and oxygen atoms in total. The third kappa shape index (κ3) is 4.82. The number of carbonyl (C=O) groups is 2. The van der Waals surface area contributed by atoms with Crippen LogP contribution in [0.15, 0.2) is 78.9 Å². The molecule has 0 aliphatic heterocycles. The second kappa shape index (κ2) is 8.32. The van der Waals surface area contributed by atoms with Gasteiger partial charge in [-0.2, -0.15) is 0 Å². The van der Waals surface area contributed by atoms with Gasteiger partial charge in [0.2, 0.25) is 5.78 Å². The first kappa shape index (κ1) is 18.4. The predicted octanol–water partition coefficient (Wildman–Crippen LogP) is 4.90. The Morgan fingerprint density at radius 3 is 2.26 bits per heavy atom. The summed E-state index contributed by atoms with van der Waals surface area (Å²) in [4.78, 5) is 24.8. The zero-order valence-electron chi connectivity index (χ0n) is 15.3. The number of ketones is 1. The van der Waals surface area contributed by atoms with Crippen molar-refractivity contribution in [2.24, 2.45) is 0 Å². The van der Waals surface area contributed by atoms with E-state index in [9.17, 15) is 9.59 Å². The Hall–Kier alpha value is -3.40. The predicted molar refractivity (Wildman–Crippen MR) is 106 cm³/mol. The molecule has 4 heteroatoms. The molecule has 27 heavy (non-hydrogen) atoms. The number of nitrogens with one attached hydrogen (secondary N) is 1. The van der Waals surface area contributed by atoms with Crippen molar-refractivity contribution in [2.45, 2.75) is 20.0 Å². The molecule has 1 atom stereocenters. The minimum absolute atomic E-state index is 0.0929. The van der Waals surface area contributed by atoms with Gasteiger partial charge in [0, 0.05) is 22.9 Å². The first-order valence-electron chi connectivity index (χ1n) is 8.77. The van der Waals surface area contributed by atoms with E-state index < -0.39 is 6.10 Å². The summed E-state index contributed by atoms with van der Waals surface area (Å²) >= 11 is 0. The van der Waals surface area contributed by atoms with Crippen LogP contribution >= 0.6 is 0 Å². The number of anilines is 1. The number of rotatable bonds is 6. The van der Waals surface area contributed by atoms with E-state index in [1.807, 2.05) is 37.3 Å². The maximum Gasteiger partial charge on any atom is 0.255 e. The van der Waals surface area contributed by atoms with Crippen molar-refractivity contribution in [1.82, 2.24) is 0 Å². The second-order valence-corrected chi connectivity index (χ2v) is 6.34. The number of hydrogen-bond donors (Lipinski definition) is 1. The number of hydrogen-bond acceptors (Lipinski definition) is 3. The molecule has 0 heterocycles. The molecule has 0 saturated carbocycles. The molecule has 1 amide bonds. The summed E-state index contributed by atoms with van der Waals surface area (Å²) in [5.41, 5.74) is 2.89. The number of Topliss-reactive ketones (excluding diaryl/α,β-unsaturated/α-hetero) is 1. The quantitative estimate of drug-likeness (QED) is 0.637. The zero-order chi connectivity index (χ0) is 19.2. The fourth-order valence-corrected chi connectivity index (χ4v) is 2.65. The highest BCUT2D eigenvalue weighted by atomic mass is 16.5. The van der Waals surface area contributed by atoms with Gasteiger partial charge in [-0.05, 0) is 38.1 Å². The molecule has 3 aromatic carbocycles. The van der Waals surface area contributed by atoms with E-state index in [0.717, 1.165) is 5.56 Å². The van der Waals surface area contributed by atoms with E-state index in [4.69, 9.17) is 4.74 Å². The fraction of sp³-hybridized carbons (Fsp3) is 0.130. The molecule has 0 aromatic heterocycles. The smallest absolute Gasteiger partial charge is 0.255 e. The molecule has 0 radical (unpaired) electrons. The lowest BCUT2D eigenvalue weighted by atomic mass is 10.1. The summed E-state index contributed by atoms with van der Waals surface area (Å²) in [6.45, 7) is 3.69. The van der Waals surface area contributed by atoms with E-state index in [1.165, 1.54) is 0 Å². The molecule has 1 N–H and O–H groups in total. The molecule has 0 saturated heterocycles. The van der Waals surface area contributed by atoms with Gasteiger partial charge in [-0.3, -0.25) is 9.59 Å². The van der Waals surface area contributed by atoms with Crippen molar-refractivity contribution >= 4 is 17.4 Å².